The van der Waals surface area contributed by atoms with Crippen molar-refractivity contribution in [3.05, 3.63) is 52.0 Å². The molecule has 1 atom stereocenters. The van der Waals surface area contributed by atoms with Gasteiger partial charge in [0, 0.05) is 29.3 Å². The molecule has 172 valence electrons. The quantitative estimate of drug-likeness (QED) is 0.633. The Morgan fingerprint density at radius 2 is 2.21 bits per heavy atom. The maximum atomic E-state index is 12.4. The molecule has 1 aliphatic heterocycles. The molecule has 1 aliphatic carbocycles. The van der Waals surface area contributed by atoms with E-state index in [1.165, 1.54) is 0 Å². The maximum absolute atomic E-state index is 12.4. The van der Waals surface area contributed by atoms with Gasteiger partial charge in [0.05, 0.1) is 18.0 Å². The number of rotatable bonds is 5. The van der Waals surface area contributed by atoms with Crippen LogP contribution in [0, 0.1) is 17.2 Å². The summed E-state index contributed by atoms with van der Waals surface area (Å²) in [5.74, 6) is 0.192. The van der Waals surface area contributed by atoms with Crippen LogP contribution in [0.1, 0.15) is 60.6 Å². The summed E-state index contributed by atoms with van der Waals surface area (Å²) in [6.07, 6.45) is 6.43. The Labute approximate surface area is 200 Å². The van der Waals surface area contributed by atoms with Crippen molar-refractivity contribution in [3.8, 4) is 6.07 Å². The Morgan fingerprint density at radius 3 is 2.88 bits per heavy atom. The average Bonchev–Trinajstić information content (AvgIpc) is 3.23. The molecule has 2 aromatic rings. The van der Waals surface area contributed by atoms with Gasteiger partial charge in [-0.1, -0.05) is 15.9 Å². The number of hydrogen-bond acceptors (Lipinski definition) is 6. The van der Waals surface area contributed by atoms with Crippen LogP contribution >= 0.6 is 15.9 Å². The van der Waals surface area contributed by atoms with Crippen molar-refractivity contribution in [2.24, 2.45) is 18.1 Å². The van der Waals surface area contributed by atoms with Crippen LogP contribution in [0.5, 0.6) is 0 Å². The number of nitriles is 1. The number of benzene rings is 1. The fourth-order valence-electron chi connectivity index (χ4n) is 4.64. The van der Waals surface area contributed by atoms with Gasteiger partial charge in [0.1, 0.15) is 11.4 Å². The van der Waals surface area contributed by atoms with Crippen LogP contribution in [0.2, 0.25) is 0 Å². The van der Waals surface area contributed by atoms with Crippen molar-refractivity contribution >= 4 is 33.6 Å². The van der Waals surface area contributed by atoms with Crippen molar-refractivity contribution < 1.29 is 14.3 Å². The third-order valence-electron chi connectivity index (χ3n) is 6.24. The SMILES string of the molecule is C[C@@H](CC1CCC2(CC1)OC(=O)NN=C2c1cc(C#N)ccc1Br)NC(=O)c1cn(C)cn1. The highest BCUT2D eigenvalue weighted by Crippen LogP contribution is 2.41. The molecular weight excluding hydrogens is 488 g/mol. The van der Waals surface area contributed by atoms with Crippen LogP contribution in [-0.4, -0.2) is 38.9 Å². The normalized spacial score (nSPS) is 23.2. The molecule has 1 saturated carbocycles. The van der Waals surface area contributed by atoms with Crippen molar-refractivity contribution in [1.29, 1.82) is 5.26 Å². The molecule has 2 amide bonds. The van der Waals surface area contributed by atoms with Gasteiger partial charge in [-0.25, -0.2) is 15.2 Å². The number of nitrogens with zero attached hydrogens (tertiary/aromatic N) is 4. The number of carbonyl (C=O) groups excluding carboxylic acids is 2. The number of aromatic nitrogens is 2. The number of hydrogen-bond donors (Lipinski definition) is 2. The number of halogens is 1. The zero-order valence-corrected chi connectivity index (χ0v) is 20.1. The monoisotopic (exact) mass is 512 g/mol. The summed E-state index contributed by atoms with van der Waals surface area (Å²) in [5.41, 5.74) is 3.86. The highest BCUT2D eigenvalue weighted by Gasteiger charge is 2.46. The lowest BCUT2D eigenvalue weighted by molar-refractivity contribution is 0.0154. The van der Waals surface area contributed by atoms with E-state index in [-0.39, 0.29) is 11.9 Å². The molecule has 1 aromatic carbocycles. The number of carbonyl (C=O) groups is 2. The van der Waals surface area contributed by atoms with Gasteiger partial charge in [0.15, 0.2) is 5.60 Å². The Balaban J connectivity index is 1.44. The molecule has 0 radical (unpaired) electrons. The van der Waals surface area contributed by atoms with Gasteiger partial charge in [-0.15, -0.1) is 0 Å². The van der Waals surface area contributed by atoms with E-state index in [1.54, 1.807) is 35.3 Å². The molecule has 9 nitrogen and oxygen atoms in total. The van der Waals surface area contributed by atoms with Crippen LogP contribution in [0.25, 0.3) is 0 Å². The molecule has 1 fully saturated rings. The first-order valence-corrected chi connectivity index (χ1v) is 11.6. The summed E-state index contributed by atoms with van der Waals surface area (Å²) in [7, 11) is 1.82. The van der Waals surface area contributed by atoms with Crippen LogP contribution < -0.4 is 10.7 Å². The lowest BCUT2D eigenvalue weighted by Crippen LogP contribution is -2.52. The van der Waals surface area contributed by atoms with Gasteiger partial charge in [0.25, 0.3) is 5.91 Å². The summed E-state index contributed by atoms with van der Waals surface area (Å²) in [6, 6.07) is 7.42. The van der Waals surface area contributed by atoms with Crippen LogP contribution in [0.3, 0.4) is 0 Å². The van der Waals surface area contributed by atoms with E-state index in [0.29, 0.717) is 35.7 Å². The first kappa shape index (κ1) is 23.0. The van der Waals surface area contributed by atoms with E-state index in [0.717, 1.165) is 29.3 Å². The molecule has 2 N–H and O–H groups in total. The number of hydrazone groups is 1. The smallest absolute Gasteiger partial charge is 0.428 e. The molecule has 0 unspecified atom stereocenters. The largest absolute Gasteiger partial charge is 0.435 e. The standard InChI is InChI=1S/C23H25BrN6O3/c1-14(27-21(31)19-12-30(2)13-26-19)9-15-5-7-23(8-6-15)20(28-29-22(32)33-23)17-10-16(11-25)3-4-18(17)24/h3-4,10,12-15H,5-9H2,1-2H3,(H,27,31)(H,29,32)/t14-,15?,23?/m0/s1. The minimum atomic E-state index is -0.837. The third kappa shape index (κ3) is 4.93. The topological polar surface area (TPSA) is 121 Å². The molecule has 2 heterocycles. The van der Waals surface area contributed by atoms with Crippen LogP contribution in [-0.2, 0) is 11.8 Å². The zero-order valence-electron chi connectivity index (χ0n) is 18.5. The van der Waals surface area contributed by atoms with Crippen LogP contribution in [0.4, 0.5) is 4.79 Å². The Bertz CT molecular complexity index is 1140. The average molecular weight is 513 g/mol. The molecule has 0 bridgehead atoms. The molecule has 1 aromatic heterocycles. The first-order chi connectivity index (χ1) is 15.8. The predicted octanol–water partition coefficient (Wildman–Crippen LogP) is 3.64. The van der Waals surface area contributed by atoms with Gasteiger partial charge in [-0.05, 0) is 63.1 Å². The van der Waals surface area contributed by atoms with Gasteiger partial charge >= 0.3 is 6.09 Å². The summed E-state index contributed by atoms with van der Waals surface area (Å²) in [5, 5.41) is 16.7. The van der Waals surface area contributed by atoms with E-state index < -0.39 is 11.7 Å². The van der Waals surface area contributed by atoms with Crippen molar-refractivity contribution in [2.75, 3.05) is 0 Å². The second-order valence-electron chi connectivity index (χ2n) is 8.74. The van der Waals surface area contributed by atoms with Gasteiger partial charge in [0.2, 0.25) is 0 Å². The second kappa shape index (κ2) is 9.35. The Hall–Kier alpha value is -3.19. The minimum Gasteiger partial charge on any atom is -0.435 e. The summed E-state index contributed by atoms with van der Waals surface area (Å²) in [4.78, 5) is 28.6. The fraction of sp³-hybridized carbons (Fsp3) is 0.435. The lowest BCUT2D eigenvalue weighted by Gasteiger charge is -2.42. The molecule has 0 saturated heterocycles. The maximum Gasteiger partial charge on any atom is 0.428 e. The van der Waals surface area contributed by atoms with Crippen molar-refractivity contribution in [1.82, 2.24) is 20.3 Å². The van der Waals surface area contributed by atoms with E-state index in [4.69, 9.17) is 4.74 Å². The molecular formula is C23H25BrN6O3. The summed E-state index contributed by atoms with van der Waals surface area (Å²) in [6.45, 7) is 1.99. The first-order valence-electron chi connectivity index (χ1n) is 10.9. The number of ether oxygens (including phenoxy) is 1. The van der Waals surface area contributed by atoms with E-state index in [2.05, 4.69) is 42.8 Å². The predicted molar refractivity (Wildman–Crippen MR) is 124 cm³/mol. The molecule has 2 aliphatic rings. The van der Waals surface area contributed by atoms with E-state index >= 15 is 0 Å². The Morgan fingerprint density at radius 1 is 1.45 bits per heavy atom. The molecule has 1 spiro atoms. The highest BCUT2D eigenvalue weighted by molar-refractivity contribution is 9.10. The third-order valence-corrected chi connectivity index (χ3v) is 6.94. The van der Waals surface area contributed by atoms with Crippen molar-refractivity contribution in [2.45, 2.75) is 50.7 Å². The van der Waals surface area contributed by atoms with Gasteiger partial charge in [-0.3, -0.25) is 4.79 Å². The number of imidazole rings is 1. The van der Waals surface area contributed by atoms with Crippen LogP contribution in [0.15, 0.2) is 40.3 Å². The highest BCUT2D eigenvalue weighted by atomic mass is 79.9. The molecule has 10 heteroatoms. The minimum absolute atomic E-state index is 0.0104. The number of amides is 2. The zero-order chi connectivity index (χ0) is 23.6. The van der Waals surface area contributed by atoms with E-state index in [9.17, 15) is 14.9 Å². The van der Waals surface area contributed by atoms with Crippen molar-refractivity contribution in [3.63, 3.8) is 0 Å². The second-order valence-corrected chi connectivity index (χ2v) is 9.59. The van der Waals surface area contributed by atoms with Gasteiger partial charge < -0.3 is 14.6 Å². The summed E-state index contributed by atoms with van der Waals surface area (Å²) < 4.78 is 8.35. The van der Waals surface area contributed by atoms with E-state index in [1.807, 2.05) is 14.0 Å². The molecule has 33 heavy (non-hydrogen) atoms. The summed E-state index contributed by atoms with van der Waals surface area (Å²) >= 11 is 3.54. The fourth-order valence-corrected chi connectivity index (χ4v) is 5.07. The molecule has 4 rings (SSSR count). The number of nitrogens with one attached hydrogen (secondary N) is 2. The lowest BCUT2D eigenvalue weighted by atomic mass is 9.72. The van der Waals surface area contributed by atoms with Gasteiger partial charge in [-0.2, -0.15) is 10.4 Å². The Kier molecular flexibility index (Phi) is 6.51. The number of aryl methyl sites for hydroxylation is 1.